The van der Waals surface area contributed by atoms with Crippen LogP contribution in [-0.2, 0) is 20.8 Å². The maximum atomic E-state index is 12.3. The third kappa shape index (κ3) is 4.11. The Bertz CT molecular complexity index is 665. The van der Waals surface area contributed by atoms with Crippen LogP contribution >= 0.6 is 11.3 Å². The number of nitrogens with zero attached hydrogens (tertiary/aromatic N) is 2. The van der Waals surface area contributed by atoms with E-state index in [1.807, 2.05) is 20.8 Å². The van der Waals surface area contributed by atoms with E-state index < -0.39 is 16.8 Å². The zero-order valence-corrected chi connectivity index (χ0v) is 15.2. The number of aromatic nitrogens is 1. The number of carboxylic acid groups (broad SMARTS) is 1. The van der Waals surface area contributed by atoms with Gasteiger partial charge in [-0.25, -0.2) is 4.98 Å². The van der Waals surface area contributed by atoms with Crippen molar-refractivity contribution in [2.75, 3.05) is 18.4 Å². The molecule has 24 heavy (non-hydrogen) atoms. The van der Waals surface area contributed by atoms with Crippen molar-refractivity contribution in [1.82, 2.24) is 9.88 Å². The number of thiazole rings is 1. The van der Waals surface area contributed by atoms with Crippen molar-refractivity contribution in [1.29, 1.82) is 0 Å². The van der Waals surface area contributed by atoms with Gasteiger partial charge in [0.2, 0.25) is 11.8 Å². The molecule has 0 aromatic carbocycles. The summed E-state index contributed by atoms with van der Waals surface area (Å²) in [6.45, 7) is 7.76. The number of carbonyl (C=O) groups excluding carboxylic acids is 2. The molecule has 2 N–H and O–H groups in total. The first-order valence-electron chi connectivity index (χ1n) is 7.78. The second-order valence-electron chi connectivity index (χ2n) is 7.46. The number of aliphatic carboxylic acids is 1. The predicted octanol–water partition coefficient (Wildman–Crippen LogP) is 1.99. The Hall–Kier alpha value is -1.96. The van der Waals surface area contributed by atoms with Crippen molar-refractivity contribution in [3.8, 4) is 0 Å². The molecule has 132 valence electrons. The average Bonchev–Trinajstić information content (AvgIpc) is 3.05. The van der Waals surface area contributed by atoms with Crippen LogP contribution in [0.4, 0.5) is 5.13 Å². The molecule has 1 atom stereocenters. The lowest BCUT2D eigenvalue weighted by Crippen LogP contribution is -2.35. The highest BCUT2D eigenvalue weighted by atomic mass is 32.1. The fourth-order valence-corrected chi connectivity index (χ4v) is 3.05. The minimum atomic E-state index is -0.876. The van der Waals surface area contributed by atoms with Crippen molar-refractivity contribution in [3.05, 3.63) is 11.1 Å². The van der Waals surface area contributed by atoms with E-state index in [4.69, 9.17) is 0 Å². The van der Waals surface area contributed by atoms with E-state index in [1.54, 1.807) is 17.2 Å². The van der Waals surface area contributed by atoms with Crippen molar-refractivity contribution in [2.45, 2.75) is 40.5 Å². The van der Waals surface area contributed by atoms with Crippen LogP contribution in [0.3, 0.4) is 0 Å². The van der Waals surface area contributed by atoms with Crippen molar-refractivity contribution in [2.24, 2.45) is 10.8 Å². The summed E-state index contributed by atoms with van der Waals surface area (Å²) in [6, 6.07) is 0. The lowest BCUT2D eigenvalue weighted by atomic mass is 9.90. The standard InChI is InChI=1S/C16H23N3O4S/c1-15(2,3)12(21)18-14-17-10(8-24-14)7-11(20)19-6-5-16(4,9-19)13(22)23/h8H,5-7,9H2,1-4H3,(H,22,23)(H,17,18,21). The van der Waals surface area contributed by atoms with Crippen molar-refractivity contribution in [3.63, 3.8) is 0 Å². The highest BCUT2D eigenvalue weighted by molar-refractivity contribution is 7.13. The second kappa shape index (κ2) is 6.51. The van der Waals surface area contributed by atoms with Gasteiger partial charge in [0, 0.05) is 23.9 Å². The van der Waals surface area contributed by atoms with E-state index in [0.717, 1.165) is 0 Å². The Labute approximate surface area is 145 Å². The number of likely N-dealkylation sites (tertiary alicyclic amines) is 1. The van der Waals surface area contributed by atoms with E-state index in [2.05, 4.69) is 10.3 Å². The highest BCUT2D eigenvalue weighted by Gasteiger charge is 2.42. The van der Waals surface area contributed by atoms with E-state index in [0.29, 0.717) is 23.8 Å². The zero-order chi connectivity index (χ0) is 18.1. The molecule has 0 bridgehead atoms. The third-order valence-electron chi connectivity index (χ3n) is 4.13. The molecule has 1 aliphatic rings. The number of rotatable bonds is 4. The Morgan fingerprint density at radius 1 is 1.42 bits per heavy atom. The summed E-state index contributed by atoms with van der Waals surface area (Å²) in [6.07, 6.45) is 0.565. The van der Waals surface area contributed by atoms with Gasteiger partial charge in [-0.05, 0) is 13.3 Å². The normalized spacial score (nSPS) is 20.9. The molecule has 1 aromatic rings. The van der Waals surface area contributed by atoms with Crippen LogP contribution in [0.15, 0.2) is 5.38 Å². The summed E-state index contributed by atoms with van der Waals surface area (Å²) in [5.41, 5.74) is -0.805. The first-order chi connectivity index (χ1) is 11.0. The van der Waals surface area contributed by atoms with Crippen molar-refractivity contribution >= 4 is 34.3 Å². The van der Waals surface area contributed by atoms with E-state index in [1.165, 1.54) is 11.3 Å². The fraction of sp³-hybridized carbons (Fsp3) is 0.625. The minimum Gasteiger partial charge on any atom is -0.481 e. The van der Waals surface area contributed by atoms with Gasteiger partial charge < -0.3 is 15.3 Å². The molecule has 1 fully saturated rings. The lowest BCUT2D eigenvalue weighted by molar-refractivity contribution is -0.147. The molecule has 0 spiro atoms. The largest absolute Gasteiger partial charge is 0.481 e. The summed E-state index contributed by atoms with van der Waals surface area (Å²) in [5, 5.41) is 14.2. The molecule has 1 unspecified atom stereocenters. The van der Waals surface area contributed by atoms with Gasteiger partial charge in [0.1, 0.15) is 0 Å². The van der Waals surface area contributed by atoms with Gasteiger partial charge in [-0.3, -0.25) is 14.4 Å². The summed E-state index contributed by atoms with van der Waals surface area (Å²) in [5.74, 6) is -1.15. The number of hydrogen-bond acceptors (Lipinski definition) is 5. The van der Waals surface area contributed by atoms with Crippen LogP contribution < -0.4 is 5.32 Å². The highest BCUT2D eigenvalue weighted by Crippen LogP contribution is 2.30. The Morgan fingerprint density at radius 3 is 2.62 bits per heavy atom. The molecule has 0 radical (unpaired) electrons. The predicted molar refractivity (Wildman–Crippen MR) is 90.8 cm³/mol. The molecule has 2 amide bonds. The van der Waals surface area contributed by atoms with Gasteiger partial charge in [0.25, 0.3) is 0 Å². The number of nitrogens with one attached hydrogen (secondary N) is 1. The van der Waals surface area contributed by atoms with E-state index >= 15 is 0 Å². The Morgan fingerprint density at radius 2 is 2.08 bits per heavy atom. The number of amides is 2. The minimum absolute atomic E-state index is 0.109. The Kier molecular flexibility index (Phi) is 4.98. The molecule has 0 saturated carbocycles. The van der Waals surface area contributed by atoms with Crippen LogP contribution in [0, 0.1) is 10.8 Å². The number of hydrogen-bond donors (Lipinski definition) is 2. The monoisotopic (exact) mass is 353 g/mol. The summed E-state index contributed by atoms with van der Waals surface area (Å²) in [7, 11) is 0. The number of carboxylic acids is 1. The molecule has 2 heterocycles. The van der Waals surface area contributed by atoms with Gasteiger partial charge in [0.15, 0.2) is 5.13 Å². The summed E-state index contributed by atoms with van der Waals surface area (Å²) < 4.78 is 0. The van der Waals surface area contributed by atoms with Gasteiger partial charge >= 0.3 is 5.97 Å². The molecule has 0 aliphatic carbocycles. The average molecular weight is 353 g/mol. The molecular weight excluding hydrogens is 330 g/mol. The second-order valence-corrected chi connectivity index (χ2v) is 8.31. The maximum Gasteiger partial charge on any atom is 0.311 e. The fourth-order valence-electron chi connectivity index (χ4n) is 2.35. The molecule has 1 aromatic heterocycles. The van der Waals surface area contributed by atoms with Gasteiger partial charge in [0.05, 0.1) is 17.5 Å². The van der Waals surface area contributed by atoms with E-state index in [-0.39, 0.29) is 24.8 Å². The summed E-state index contributed by atoms with van der Waals surface area (Å²) in [4.78, 5) is 41.3. The van der Waals surface area contributed by atoms with Gasteiger partial charge in [-0.15, -0.1) is 11.3 Å². The molecular formula is C16H23N3O4S. The van der Waals surface area contributed by atoms with Crippen LogP contribution in [-0.4, -0.2) is 45.9 Å². The third-order valence-corrected chi connectivity index (χ3v) is 4.93. The lowest BCUT2D eigenvalue weighted by Gasteiger charge is -2.19. The smallest absolute Gasteiger partial charge is 0.311 e. The number of anilines is 1. The summed E-state index contributed by atoms with van der Waals surface area (Å²) >= 11 is 1.28. The molecule has 1 aliphatic heterocycles. The first-order valence-corrected chi connectivity index (χ1v) is 8.66. The van der Waals surface area contributed by atoms with Crippen LogP contribution in [0.2, 0.25) is 0 Å². The zero-order valence-electron chi connectivity index (χ0n) is 14.4. The molecule has 7 nitrogen and oxygen atoms in total. The molecule has 2 rings (SSSR count). The van der Waals surface area contributed by atoms with Gasteiger partial charge in [-0.1, -0.05) is 20.8 Å². The quantitative estimate of drug-likeness (QED) is 0.862. The molecule has 8 heteroatoms. The first kappa shape index (κ1) is 18.4. The van der Waals surface area contributed by atoms with Gasteiger partial charge in [-0.2, -0.15) is 0 Å². The number of carbonyl (C=O) groups is 3. The Balaban J connectivity index is 1.94. The SMILES string of the molecule is CC(C)(C)C(=O)Nc1nc(CC(=O)N2CCC(C)(C(=O)O)C2)cs1. The maximum absolute atomic E-state index is 12.3. The van der Waals surface area contributed by atoms with Crippen molar-refractivity contribution < 1.29 is 19.5 Å². The van der Waals surface area contributed by atoms with Crippen LogP contribution in [0.25, 0.3) is 0 Å². The molecule has 1 saturated heterocycles. The topological polar surface area (TPSA) is 99.6 Å². The van der Waals surface area contributed by atoms with Crippen LogP contribution in [0.1, 0.15) is 39.8 Å². The van der Waals surface area contributed by atoms with Crippen LogP contribution in [0.5, 0.6) is 0 Å². The van der Waals surface area contributed by atoms with E-state index in [9.17, 15) is 19.5 Å².